The molecule has 1 N–H and O–H groups in total. The first-order valence-electron chi connectivity index (χ1n) is 8.63. The summed E-state index contributed by atoms with van der Waals surface area (Å²) in [5, 5.41) is 3.77. The van der Waals surface area contributed by atoms with Gasteiger partial charge in [-0.2, -0.15) is 0 Å². The van der Waals surface area contributed by atoms with E-state index >= 15 is 0 Å². The molecule has 1 atom stereocenters. The zero-order valence-electron chi connectivity index (χ0n) is 14.8. The van der Waals surface area contributed by atoms with Crippen LogP contribution >= 0.6 is 0 Å². The van der Waals surface area contributed by atoms with Crippen LogP contribution in [0.2, 0.25) is 0 Å². The maximum Gasteiger partial charge on any atom is 0.272 e. The SMILES string of the molecule is CC(F)(F)c1ccc(NC(=O)C2=CC=CCC3CCCS(=O)(=O)C=C23)nc1. The van der Waals surface area contributed by atoms with Crippen molar-refractivity contribution >= 4 is 21.6 Å². The Morgan fingerprint density at radius 1 is 1.33 bits per heavy atom. The molecule has 2 aliphatic rings. The van der Waals surface area contributed by atoms with Gasteiger partial charge in [0.1, 0.15) is 5.82 Å². The van der Waals surface area contributed by atoms with Crippen molar-refractivity contribution in [2.24, 2.45) is 5.92 Å². The second-order valence-corrected chi connectivity index (χ2v) is 8.77. The summed E-state index contributed by atoms with van der Waals surface area (Å²) in [5.41, 5.74) is 0.493. The van der Waals surface area contributed by atoms with E-state index in [9.17, 15) is 22.0 Å². The molecule has 0 spiro atoms. The first-order valence-corrected chi connectivity index (χ1v) is 10.3. The minimum absolute atomic E-state index is 0.0489. The molecule has 5 nitrogen and oxygen atoms in total. The van der Waals surface area contributed by atoms with Gasteiger partial charge < -0.3 is 5.32 Å². The third-order valence-electron chi connectivity index (χ3n) is 4.61. The third-order valence-corrected chi connectivity index (χ3v) is 6.09. The molecule has 1 aromatic heterocycles. The van der Waals surface area contributed by atoms with Crippen LogP contribution < -0.4 is 5.32 Å². The number of hydrogen-bond donors (Lipinski definition) is 1. The zero-order chi connectivity index (χ0) is 19.7. The fourth-order valence-electron chi connectivity index (χ4n) is 3.18. The number of pyridine rings is 1. The number of nitrogens with one attached hydrogen (secondary N) is 1. The Morgan fingerprint density at radius 3 is 2.78 bits per heavy atom. The van der Waals surface area contributed by atoms with E-state index in [1.165, 1.54) is 17.5 Å². The molecule has 1 aliphatic carbocycles. The van der Waals surface area contributed by atoms with Gasteiger partial charge in [-0.15, -0.1) is 0 Å². The number of aromatic nitrogens is 1. The van der Waals surface area contributed by atoms with Crippen LogP contribution in [0.3, 0.4) is 0 Å². The monoisotopic (exact) mass is 394 g/mol. The highest BCUT2D eigenvalue weighted by Gasteiger charge is 2.29. The lowest BCUT2D eigenvalue weighted by Gasteiger charge is -2.18. The largest absolute Gasteiger partial charge is 0.307 e. The number of allylic oxidation sites excluding steroid dienone is 3. The summed E-state index contributed by atoms with van der Waals surface area (Å²) in [6.45, 7) is 0.768. The molecule has 144 valence electrons. The van der Waals surface area contributed by atoms with Crippen molar-refractivity contribution in [3.05, 3.63) is 58.7 Å². The van der Waals surface area contributed by atoms with Crippen molar-refractivity contribution in [2.75, 3.05) is 11.1 Å². The zero-order valence-corrected chi connectivity index (χ0v) is 15.6. The average molecular weight is 394 g/mol. The normalized spacial score (nSPS) is 22.0. The highest BCUT2D eigenvalue weighted by molar-refractivity contribution is 7.94. The van der Waals surface area contributed by atoms with Gasteiger partial charge in [0.15, 0.2) is 9.84 Å². The molecule has 0 saturated heterocycles. The molecule has 0 bridgehead atoms. The molecule has 0 aromatic carbocycles. The number of halogens is 2. The third kappa shape index (κ3) is 4.68. The van der Waals surface area contributed by atoms with Gasteiger partial charge in [0.05, 0.1) is 5.75 Å². The number of carbonyl (C=O) groups is 1. The van der Waals surface area contributed by atoms with Crippen LogP contribution in [-0.4, -0.2) is 25.1 Å². The van der Waals surface area contributed by atoms with Crippen LogP contribution in [0.4, 0.5) is 14.6 Å². The van der Waals surface area contributed by atoms with E-state index in [1.54, 1.807) is 12.2 Å². The second-order valence-electron chi connectivity index (χ2n) is 6.80. The second kappa shape index (κ2) is 7.34. The summed E-state index contributed by atoms with van der Waals surface area (Å²) < 4.78 is 50.9. The van der Waals surface area contributed by atoms with Crippen LogP contribution in [0.5, 0.6) is 0 Å². The minimum Gasteiger partial charge on any atom is -0.307 e. The molecule has 27 heavy (non-hydrogen) atoms. The summed E-state index contributed by atoms with van der Waals surface area (Å²) in [6, 6.07) is 2.50. The Labute approximate surface area is 156 Å². The van der Waals surface area contributed by atoms with Gasteiger partial charge in [0.2, 0.25) is 0 Å². The molecular weight excluding hydrogens is 374 g/mol. The summed E-state index contributed by atoms with van der Waals surface area (Å²) in [5.74, 6) is -3.39. The predicted molar refractivity (Wildman–Crippen MR) is 98.9 cm³/mol. The molecule has 1 aromatic rings. The van der Waals surface area contributed by atoms with Gasteiger partial charge in [-0.05, 0) is 49.0 Å². The maximum absolute atomic E-state index is 13.3. The lowest BCUT2D eigenvalue weighted by atomic mass is 9.88. The van der Waals surface area contributed by atoms with Crippen LogP contribution in [0, 0.1) is 5.92 Å². The van der Waals surface area contributed by atoms with Crippen molar-refractivity contribution < 1.29 is 22.0 Å². The standard InChI is InChI=1S/C19H20F2N2O3S/c1-19(20,21)14-8-9-17(22-11-14)23-18(24)15-7-3-2-5-13-6-4-10-27(25,26)12-16(13)15/h2-3,7-9,11-13H,4-6,10H2,1H3,(H,22,23,24). The number of fused-ring (bicyclic) bond motifs is 1. The van der Waals surface area contributed by atoms with E-state index in [-0.39, 0.29) is 28.6 Å². The lowest BCUT2D eigenvalue weighted by molar-refractivity contribution is -0.112. The highest BCUT2D eigenvalue weighted by atomic mass is 32.2. The van der Waals surface area contributed by atoms with Crippen LogP contribution in [0.25, 0.3) is 0 Å². The summed E-state index contributed by atoms with van der Waals surface area (Å²) in [7, 11) is -3.38. The van der Waals surface area contributed by atoms with E-state index < -0.39 is 21.7 Å². The number of carbonyl (C=O) groups excluding carboxylic acids is 1. The summed E-state index contributed by atoms with van der Waals surface area (Å²) in [6.07, 6.45) is 8.11. The Balaban J connectivity index is 1.87. The summed E-state index contributed by atoms with van der Waals surface area (Å²) in [4.78, 5) is 16.6. The topological polar surface area (TPSA) is 76.1 Å². The van der Waals surface area contributed by atoms with E-state index in [0.717, 1.165) is 13.1 Å². The Hall–Kier alpha value is -2.35. The van der Waals surface area contributed by atoms with E-state index in [0.29, 0.717) is 24.8 Å². The number of amides is 1. The number of rotatable bonds is 3. The van der Waals surface area contributed by atoms with Crippen LogP contribution in [0.1, 0.15) is 31.7 Å². The smallest absolute Gasteiger partial charge is 0.272 e. The molecule has 1 unspecified atom stereocenters. The van der Waals surface area contributed by atoms with E-state index in [4.69, 9.17) is 0 Å². The van der Waals surface area contributed by atoms with Crippen molar-refractivity contribution in [3.8, 4) is 0 Å². The van der Waals surface area contributed by atoms with Gasteiger partial charge in [0.25, 0.3) is 11.8 Å². The van der Waals surface area contributed by atoms with E-state index in [1.807, 2.05) is 6.08 Å². The lowest BCUT2D eigenvalue weighted by Crippen LogP contribution is -2.19. The first-order chi connectivity index (χ1) is 12.7. The molecular formula is C19H20F2N2O3S. The van der Waals surface area contributed by atoms with Crippen molar-refractivity contribution in [3.63, 3.8) is 0 Å². The number of sulfone groups is 1. The number of alkyl halides is 2. The molecule has 0 saturated carbocycles. The van der Waals surface area contributed by atoms with Crippen molar-refractivity contribution in [2.45, 2.75) is 32.1 Å². The minimum atomic E-state index is -3.38. The average Bonchev–Trinajstić information content (AvgIpc) is 2.85. The Kier molecular flexibility index (Phi) is 5.28. The molecule has 1 aliphatic heterocycles. The van der Waals surface area contributed by atoms with Gasteiger partial charge in [-0.3, -0.25) is 4.79 Å². The van der Waals surface area contributed by atoms with Gasteiger partial charge in [0, 0.05) is 29.7 Å². The number of hydrogen-bond acceptors (Lipinski definition) is 4. The van der Waals surface area contributed by atoms with E-state index in [2.05, 4.69) is 10.3 Å². The van der Waals surface area contributed by atoms with Gasteiger partial charge in [-0.25, -0.2) is 22.2 Å². The van der Waals surface area contributed by atoms with Crippen molar-refractivity contribution in [1.29, 1.82) is 0 Å². The van der Waals surface area contributed by atoms with Crippen LogP contribution in [-0.2, 0) is 20.6 Å². The van der Waals surface area contributed by atoms with Gasteiger partial charge in [-0.1, -0.05) is 12.2 Å². The number of nitrogens with zero attached hydrogens (tertiary/aromatic N) is 1. The summed E-state index contributed by atoms with van der Waals surface area (Å²) >= 11 is 0. The number of anilines is 1. The molecule has 0 radical (unpaired) electrons. The molecule has 1 amide bonds. The maximum atomic E-state index is 13.3. The predicted octanol–water partition coefficient (Wildman–Crippen LogP) is 3.73. The first kappa shape index (κ1) is 19.4. The molecule has 8 heteroatoms. The van der Waals surface area contributed by atoms with Crippen molar-refractivity contribution in [1.82, 2.24) is 4.98 Å². The molecule has 0 fully saturated rings. The fraction of sp³-hybridized carbons (Fsp3) is 0.368. The highest BCUT2D eigenvalue weighted by Crippen LogP contribution is 2.34. The van der Waals surface area contributed by atoms with Gasteiger partial charge >= 0.3 is 0 Å². The quantitative estimate of drug-likeness (QED) is 0.848. The Morgan fingerprint density at radius 2 is 2.11 bits per heavy atom. The fourth-order valence-corrected chi connectivity index (χ4v) is 4.58. The van der Waals surface area contributed by atoms with Crippen LogP contribution in [0.15, 0.2) is 53.1 Å². The molecule has 2 heterocycles. The Bertz CT molecular complexity index is 927. The molecule has 3 rings (SSSR count).